The number of phenolic OH excluding ortho intramolecular Hbond substituents is 1. The number of hydrogen-bond acceptors (Lipinski definition) is 6. The van der Waals surface area contributed by atoms with Gasteiger partial charge < -0.3 is 20.1 Å². The van der Waals surface area contributed by atoms with Gasteiger partial charge in [-0.05, 0) is 34.0 Å². The summed E-state index contributed by atoms with van der Waals surface area (Å²) < 4.78 is 33.3. The summed E-state index contributed by atoms with van der Waals surface area (Å²) in [6, 6.07) is 1.08. The summed E-state index contributed by atoms with van der Waals surface area (Å²) in [4.78, 5) is 35.4. The number of ether oxygens (including phenoxy) is 1. The molecule has 1 atom stereocenters. The summed E-state index contributed by atoms with van der Waals surface area (Å²) in [6.45, 7) is 4.34. The average molecular weight is 513 g/mol. The van der Waals surface area contributed by atoms with Crippen LogP contribution in [0.5, 0.6) is 11.8 Å². The molecule has 11 heteroatoms. The van der Waals surface area contributed by atoms with Crippen molar-refractivity contribution in [2.75, 3.05) is 13.1 Å². The van der Waals surface area contributed by atoms with Crippen LogP contribution in [0, 0.1) is 17.6 Å². The number of aromatic hydroxyl groups is 1. The van der Waals surface area contributed by atoms with Gasteiger partial charge in [0.25, 0.3) is 5.91 Å². The fraction of sp³-hybridized carbons (Fsp3) is 0.429. The second-order valence-corrected chi connectivity index (χ2v) is 8.69. The average Bonchev–Trinajstić information content (AvgIpc) is 2.77. The molecule has 2 aromatic rings. The van der Waals surface area contributed by atoms with Crippen LogP contribution in [-0.2, 0) is 4.79 Å². The maximum atomic E-state index is 13.6. The van der Waals surface area contributed by atoms with Crippen molar-refractivity contribution in [3.8, 4) is 11.8 Å². The van der Waals surface area contributed by atoms with E-state index in [2.05, 4.69) is 31.2 Å². The number of piperidine rings is 1. The van der Waals surface area contributed by atoms with Crippen LogP contribution in [0.25, 0.3) is 0 Å². The molecule has 1 saturated heterocycles. The van der Waals surface area contributed by atoms with Crippen LogP contribution in [-0.4, -0.2) is 57.0 Å². The Morgan fingerprint density at radius 2 is 1.84 bits per heavy atom. The molecular weight excluding hydrogens is 490 g/mol. The number of nitrogens with zero attached hydrogens (tertiary/aromatic N) is 3. The molecule has 1 aromatic heterocycles. The largest absolute Gasteiger partial charge is 0.504 e. The molecule has 0 radical (unpaired) electrons. The highest BCUT2D eigenvalue weighted by molar-refractivity contribution is 9.10. The molecule has 2 N–H and O–H groups in total. The summed E-state index contributed by atoms with van der Waals surface area (Å²) in [5.74, 6) is -5.31. The Morgan fingerprint density at radius 3 is 2.44 bits per heavy atom. The molecule has 8 nitrogen and oxygen atoms in total. The SMILES string of the molecule is CC(C)[C@H](NC(=O)c1ccc(F)c(F)c1O)C(=O)N1CCC(Oc2ncc(Br)cn2)CC1. The number of amides is 2. The van der Waals surface area contributed by atoms with Crippen molar-refractivity contribution in [1.82, 2.24) is 20.2 Å². The number of nitrogens with one attached hydrogen (secondary N) is 1. The number of halogens is 3. The zero-order valence-electron chi connectivity index (χ0n) is 17.5. The molecule has 32 heavy (non-hydrogen) atoms. The molecular formula is C21H23BrF2N4O4. The zero-order valence-corrected chi connectivity index (χ0v) is 19.1. The molecule has 1 aliphatic rings. The maximum Gasteiger partial charge on any atom is 0.316 e. The molecule has 0 aliphatic carbocycles. The minimum absolute atomic E-state index is 0.147. The van der Waals surface area contributed by atoms with Crippen molar-refractivity contribution in [2.24, 2.45) is 5.92 Å². The van der Waals surface area contributed by atoms with Gasteiger partial charge in [-0.1, -0.05) is 13.8 Å². The number of phenols is 1. The quantitative estimate of drug-likeness (QED) is 0.616. The zero-order chi connectivity index (χ0) is 23.4. The van der Waals surface area contributed by atoms with Gasteiger partial charge in [0.05, 0.1) is 10.0 Å². The van der Waals surface area contributed by atoms with Gasteiger partial charge in [0.1, 0.15) is 12.1 Å². The molecule has 1 fully saturated rings. The molecule has 1 aliphatic heterocycles. The van der Waals surface area contributed by atoms with Gasteiger partial charge in [0.15, 0.2) is 11.6 Å². The molecule has 2 amide bonds. The van der Waals surface area contributed by atoms with E-state index in [-0.39, 0.29) is 23.9 Å². The molecule has 1 aromatic carbocycles. The van der Waals surface area contributed by atoms with Gasteiger partial charge >= 0.3 is 6.01 Å². The van der Waals surface area contributed by atoms with Crippen LogP contribution in [0.4, 0.5) is 8.78 Å². The summed E-state index contributed by atoms with van der Waals surface area (Å²) in [5.41, 5.74) is -0.441. The third-order valence-electron chi connectivity index (χ3n) is 5.16. The van der Waals surface area contributed by atoms with E-state index in [4.69, 9.17) is 4.74 Å². The first-order chi connectivity index (χ1) is 15.2. The second kappa shape index (κ2) is 10.2. The fourth-order valence-corrected chi connectivity index (χ4v) is 3.56. The van der Waals surface area contributed by atoms with Crippen molar-refractivity contribution >= 4 is 27.7 Å². The minimum atomic E-state index is -1.51. The number of aromatic nitrogens is 2. The number of likely N-dealkylation sites (tertiary alicyclic amines) is 1. The molecule has 0 saturated carbocycles. The van der Waals surface area contributed by atoms with E-state index in [0.29, 0.717) is 25.9 Å². The fourth-order valence-electron chi connectivity index (χ4n) is 3.36. The van der Waals surface area contributed by atoms with Gasteiger partial charge in [-0.3, -0.25) is 9.59 Å². The predicted molar refractivity (Wildman–Crippen MR) is 114 cm³/mol. The van der Waals surface area contributed by atoms with Crippen LogP contribution in [0.1, 0.15) is 37.0 Å². The normalized spacial score (nSPS) is 15.5. The predicted octanol–water partition coefficient (Wildman–Crippen LogP) is 3.05. The van der Waals surface area contributed by atoms with E-state index in [1.165, 1.54) is 0 Å². The van der Waals surface area contributed by atoms with E-state index in [0.717, 1.165) is 16.6 Å². The number of carbonyl (C=O) groups is 2. The van der Waals surface area contributed by atoms with Crippen molar-refractivity contribution in [3.63, 3.8) is 0 Å². The molecule has 2 heterocycles. The van der Waals surface area contributed by atoms with Crippen molar-refractivity contribution in [2.45, 2.75) is 38.8 Å². The Bertz CT molecular complexity index is 983. The Hall–Kier alpha value is -2.82. The summed E-state index contributed by atoms with van der Waals surface area (Å²) >= 11 is 3.26. The Balaban J connectivity index is 1.61. The first-order valence-electron chi connectivity index (χ1n) is 10.1. The lowest BCUT2D eigenvalue weighted by molar-refractivity contribution is -0.136. The van der Waals surface area contributed by atoms with E-state index in [1.807, 2.05) is 0 Å². The molecule has 0 unspecified atom stereocenters. The van der Waals surface area contributed by atoms with Crippen LogP contribution in [0.15, 0.2) is 29.0 Å². The number of benzene rings is 1. The lowest BCUT2D eigenvalue weighted by Crippen LogP contribution is -2.53. The van der Waals surface area contributed by atoms with Crippen molar-refractivity contribution in [1.29, 1.82) is 0 Å². The summed E-state index contributed by atoms with van der Waals surface area (Å²) in [6.07, 6.45) is 4.15. The Labute approximate surface area is 192 Å². The van der Waals surface area contributed by atoms with Gasteiger partial charge in [-0.25, -0.2) is 14.4 Å². The molecule has 0 spiro atoms. The van der Waals surface area contributed by atoms with E-state index >= 15 is 0 Å². The topological polar surface area (TPSA) is 105 Å². The minimum Gasteiger partial charge on any atom is -0.504 e. The van der Waals surface area contributed by atoms with Gasteiger partial charge in [-0.2, -0.15) is 4.39 Å². The second-order valence-electron chi connectivity index (χ2n) is 7.78. The van der Waals surface area contributed by atoms with Crippen LogP contribution in [0.2, 0.25) is 0 Å². The van der Waals surface area contributed by atoms with Crippen LogP contribution >= 0.6 is 15.9 Å². The van der Waals surface area contributed by atoms with E-state index in [9.17, 15) is 23.5 Å². The standard InChI is InChI=1S/C21H23BrF2N4O4/c1-11(2)17(27-19(30)14-3-4-15(23)16(24)18(14)29)20(31)28-7-5-13(6-8-28)32-21-25-9-12(22)10-26-21/h3-4,9-11,13,17,29H,5-8H2,1-2H3,(H,27,30)/t17-/m0/s1. The summed E-state index contributed by atoms with van der Waals surface area (Å²) in [5, 5.41) is 12.3. The maximum absolute atomic E-state index is 13.6. The third kappa shape index (κ3) is 5.50. The first kappa shape index (κ1) is 23.8. The molecule has 0 bridgehead atoms. The highest BCUT2D eigenvalue weighted by Gasteiger charge is 2.33. The number of carbonyl (C=O) groups excluding carboxylic acids is 2. The summed E-state index contributed by atoms with van der Waals surface area (Å²) in [7, 11) is 0. The Kier molecular flexibility index (Phi) is 7.60. The van der Waals surface area contributed by atoms with Crippen molar-refractivity contribution in [3.05, 3.63) is 46.2 Å². The monoisotopic (exact) mass is 512 g/mol. The lowest BCUT2D eigenvalue weighted by Gasteiger charge is -2.35. The van der Waals surface area contributed by atoms with Crippen LogP contribution < -0.4 is 10.1 Å². The highest BCUT2D eigenvalue weighted by Crippen LogP contribution is 2.24. The third-order valence-corrected chi connectivity index (χ3v) is 5.56. The first-order valence-corrected chi connectivity index (χ1v) is 10.9. The number of rotatable bonds is 6. The van der Waals surface area contributed by atoms with Gasteiger partial charge in [-0.15, -0.1) is 0 Å². The Morgan fingerprint density at radius 1 is 1.22 bits per heavy atom. The molecule has 3 rings (SSSR count). The highest BCUT2D eigenvalue weighted by atomic mass is 79.9. The number of hydrogen-bond donors (Lipinski definition) is 2. The lowest BCUT2D eigenvalue weighted by atomic mass is 9.99. The van der Waals surface area contributed by atoms with Crippen molar-refractivity contribution < 1.29 is 28.2 Å². The van der Waals surface area contributed by atoms with E-state index < -0.39 is 34.9 Å². The smallest absolute Gasteiger partial charge is 0.316 e. The van der Waals surface area contributed by atoms with Gasteiger partial charge in [0.2, 0.25) is 11.7 Å². The van der Waals surface area contributed by atoms with Crippen LogP contribution in [0.3, 0.4) is 0 Å². The van der Waals surface area contributed by atoms with E-state index in [1.54, 1.807) is 31.1 Å². The van der Waals surface area contributed by atoms with Gasteiger partial charge in [0, 0.05) is 38.3 Å². The molecule has 172 valence electrons.